The van der Waals surface area contributed by atoms with Gasteiger partial charge in [0.15, 0.2) is 0 Å². The molecule has 0 saturated heterocycles. The molecule has 27 heavy (non-hydrogen) atoms. The number of allylic oxidation sites excluding steroid dienone is 1. The van der Waals surface area contributed by atoms with E-state index in [1.807, 2.05) is 13.0 Å². The van der Waals surface area contributed by atoms with Crippen LogP contribution in [0.3, 0.4) is 0 Å². The second kappa shape index (κ2) is 9.55. The zero-order valence-electron chi connectivity index (χ0n) is 15.9. The fraction of sp³-hybridized carbons (Fsp3) is 0.450. The van der Waals surface area contributed by atoms with Crippen LogP contribution in [0.15, 0.2) is 35.5 Å². The third-order valence-corrected chi connectivity index (χ3v) is 4.82. The molecule has 1 unspecified atom stereocenters. The van der Waals surface area contributed by atoms with Crippen LogP contribution in [0.4, 0.5) is 0 Å². The molecule has 0 fully saturated rings. The molecule has 0 radical (unpaired) electrons. The molecule has 0 bridgehead atoms. The van der Waals surface area contributed by atoms with Crippen molar-refractivity contribution < 1.29 is 19.1 Å². The van der Waals surface area contributed by atoms with Crippen molar-refractivity contribution in [3.8, 4) is 0 Å². The van der Waals surface area contributed by atoms with E-state index < -0.39 is 11.9 Å². The van der Waals surface area contributed by atoms with Crippen LogP contribution in [-0.2, 0) is 19.1 Å². The molecule has 1 N–H and O–H groups in total. The average molecular weight is 393 g/mol. The van der Waals surface area contributed by atoms with E-state index in [4.69, 9.17) is 16.3 Å². The Hall–Kier alpha value is -2.34. The van der Waals surface area contributed by atoms with E-state index in [2.05, 4.69) is 5.32 Å². The van der Waals surface area contributed by atoms with Gasteiger partial charge in [-0.1, -0.05) is 36.7 Å². The predicted molar refractivity (Wildman–Crippen MR) is 103 cm³/mol. The lowest BCUT2D eigenvalue weighted by molar-refractivity contribution is -0.141. The minimum atomic E-state index is -0.500. The van der Waals surface area contributed by atoms with Crippen molar-refractivity contribution >= 4 is 29.4 Å². The van der Waals surface area contributed by atoms with Crippen LogP contribution >= 0.6 is 11.6 Å². The number of nitrogens with one attached hydrogen (secondary N) is 1. The molecule has 2 amide bonds. The van der Waals surface area contributed by atoms with Gasteiger partial charge in [0.1, 0.15) is 6.54 Å². The van der Waals surface area contributed by atoms with E-state index in [1.54, 1.807) is 32.0 Å². The standard InChI is InChI=1S/C20H25ClN2O4/c1-4-10-22-17(24)12-23-13(3)19(20(26)27-5-2)15(11-18(23)25)14-8-6-7-9-16(14)21/h6-9,15H,4-5,10-12H2,1-3H3,(H,22,24). The van der Waals surface area contributed by atoms with Gasteiger partial charge in [-0.15, -0.1) is 0 Å². The van der Waals surface area contributed by atoms with E-state index in [1.165, 1.54) is 4.90 Å². The fourth-order valence-electron chi connectivity index (χ4n) is 3.16. The Labute approximate surface area is 164 Å². The number of carbonyl (C=O) groups is 3. The molecule has 1 aliphatic heterocycles. The van der Waals surface area contributed by atoms with Crippen LogP contribution in [0.1, 0.15) is 45.1 Å². The first-order valence-corrected chi connectivity index (χ1v) is 9.47. The van der Waals surface area contributed by atoms with Gasteiger partial charge < -0.3 is 15.0 Å². The molecule has 1 aromatic carbocycles. The summed E-state index contributed by atoms with van der Waals surface area (Å²) in [5.74, 6) is -1.48. The molecular weight excluding hydrogens is 368 g/mol. The van der Waals surface area contributed by atoms with Gasteiger partial charge in [-0.3, -0.25) is 9.59 Å². The van der Waals surface area contributed by atoms with Crippen molar-refractivity contribution in [2.24, 2.45) is 0 Å². The predicted octanol–water partition coefficient (Wildman–Crippen LogP) is 3.02. The van der Waals surface area contributed by atoms with Crippen molar-refractivity contribution in [1.29, 1.82) is 0 Å². The van der Waals surface area contributed by atoms with E-state index in [-0.39, 0.29) is 31.4 Å². The smallest absolute Gasteiger partial charge is 0.336 e. The topological polar surface area (TPSA) is 75.7 Å². The molecule has 1 aliphatic rings. The molecule has 2 rings (SSSR count). The maximum absolute atomic E-state index is 12.8. The third-order valence-electron chi connectivity index (χ3n) is 4.47. The lowest BCUT2D eigenvalue weighted by atomic mass is 9.83. The number of amides is 2. The number of nitrogens with zero attached hydrogens (tertiary/aromatic N) is 1. The van der Waals surface area contributed by atoms with Crippen molar-refractivity contribution in [3.63, 3.8) is 0 Å². The summed E-state index contributed by atoms with van der Waals surface area (Å²) in [7, 11) is 0. The van der Waals surface area contributed by atoms with Crippen molar-refractivity contribution in [3.05, 3.63) is 46.1 Å². The second-order valence-corrected chi connectivity index (χ2v) is 6.73. The number of carbonyl (C=O) groups excluding carboxylic acids is 3. The lowest BCUT2D eigenvalue weighted by Gasteiger charge is -2.34. The molecule has 1 atom stereocenters. The van der Waals surface area contributed by atoms with E-state index in [9.17, 15) is 14.4 Å². The van der Waals surface area contributed by atoms with Gasteiger partial charge in [-0.2, -0.15) is 0 Å². The Balaban J connectivity index is 2.43. The van der Waals surface area contributed by atoms with E-state index in [0.29, 0.717) is 28.4 Å². The highest BCUT2D eigenvalue weighted by molar-refractivity contribution is 6.31. The summed E-state index contributed by atoms with van der Waals surface area (Å²) in [6, 6.07) is 7.14. The van der Waals surface area contributed by atoms with Crippen LogP contribution in [-0.4, -0.2) is 42.4 Å². The Morgan fingerprint density at radius 1 is 1.30 bits per heavy atom. The zero-order valence-corrected chi connectivity index (χ0v) is 16.6. The monoisotopic (exact) mass is 392 g/mol. The molecule has 0 aromatic heterocycles. The lowest BCUT2D eigenvalue weighted by Crippen LogP contribution is -2.44. The highest BCUT2D eigenvalue weighted by Crippen LogP contribution is 2.39. The van der Waals surface area contributed by atoms with Gasteiger partial charge in [0.2, 0.25) is 11.8 Å². The largest absolute Gasteiger partial charge is 0.463 e. The number of hydrogen-bond acceptors (Lipinski definition) is 4. The van der Waals surface area contributed by atoms with Gasteiger partial charge in [-0.25, -0.2) is 4.79 Å². The average Bonchev–Trinajstić information content (AvgIpc) is 2.63. The van der Waals surface area contributed by atoms with Crippen molar-refractivity contribution in [2.75, 3.05) is 19.7 Å². The Bertz CT molecular complexity index is 760. The van der Waals surface area contributed by atoms with Gasteiger partial charge in [0, 0.05) is 29.6 Å². The minimum absolute atomic E-state index is 0.0519. The molecule has 0 spiro atoms. The molecule has 1 aromatic rings. The van der Waals surface area contributed by atoms with Crippen LogP contribution in [0.25, 0.3) is 0 Å². The first kappa shape index (κ1) is 21.0. The maximum atomic E-state index is 12.8. The molecular formula is C20H25ClN2O4. The molecule has 0 aliphatic carbocycles. The van der Waals surface area contributed by atoms with Crippen LogP contribution in [0, 0.1) is 0 Å². The summed E-state index contributed by atoms with van der Waals surface area (Å²) in [4.78, 5) is 38.9. The summed E-state index contributed by atoms with van der Waals surface area (Å²) in [5, 5.41) is 3.23. The fourth-order valence-corrected chi connectivity index (χ4v) is 3.43. The first-order chi connectivity index (χ1) is 12.9. The van der Waals surface area contributed by atoms with Gasteiger partial charge in [-0.05, 0) is 31.9 Å². The summed E-state index contributed by atoms with van der Waals surface area (Å²) >= 11 is 6.31. The van der Waals surface area contributed by atoms with E-state index >= 15 is 0 Å². The summed E-state index contributed by atoms with van der Waals surface area (Å²) in [6.45, 7) is 5.97. The van der Waals surface area contributed by atoms with Crippen LogP contribution in [0.5, 0.6) is 0 Å². The minimum Gasteiger partial charge on any atom is -0.463 e. The zero-order chi connectivity index (χ0) is 20.0. The highest BCUT2D eigenvalue weighted by atomic mass is 35.5. The highest BCUT2D eigenvalue weighted by Gasteiger charge is 2.38. The summed E-state index contributed by atoms with van der Waals surface area (Å²) in [5.41, 5.74) is 1.50. The Morgan fingerprint density at radius 3 is 2.63 bits per heavy atom. The normalized spacial score (nSPS) is 17.1. The molecule has 1 heterocycles. The molecule has 7 heteroatoms. The maximum Gasteiger partial charge on any atom is 0.336 e. The molecule has 0 saturated carbocycles. The summed E-state index contributed by atoms with van der Waals surface area (Å²) in [6.07, 6.45) is 0.855. The Kier molecular flexibility index (Phi) is 7.42. The van der Waals surface area contributed by atoms with Crippen LogP contribution in [0.2, 0.25) is 5.02 Å². The van der Waals surface area contributed by atoms with Crippen molar-refractivity contribution in [1.82, 2.24) is 10.2 Å². The number of esters is 1. The summed E-state index contributed by atoms with van der Waals surface area (Å²) < 4.78 is 5.22. The number of halogens is 1. The van der Waals surface area contributed by atoms with Gasteiger partial charge in [0.05, 0.1) is 12.2 Å². The Morgan fingerprint density at radius 2 is 2.00 bits per heavy atom. The number of benzene rings is 1. The van der Waals surface area contributed by atoms with Gasteiger partial charge in [0.25, 0.3) is 0 Å². The first-order valence-electron chi connectivity index (χ1n) is 9.10. The second-order valence-electron chi connectivity index (χ2n) is 6.33. The van der Waals surface area contributed by atoms with E-state index in [0.717, 1.165) is 6.42 Å². The molecule has 6 nitrogen and oxygen atoms in total. The van der Waals surface area contributed by atoms with Crippen LogP contribution < -0.4 is 5.32 Å². The quantitative estimate of drug-likeness (QED) is 0.724. The SMILES string of the molecule is CCCNC(=O)CN1C(=O)CC(c2ccccc2Cl)C(C(=O)OCC)=C1C. The van der Waals surface area contributed by atoms with Gasteiger partial charge >= 0.3 is 5.97 Å². The van der Waals surface area contributed by atoms with Crippen molar-refractivity contribution in [2.45, 2.75) is 39.5 Å². The number of hydrogen-bond donors (Lipinski definition) is 1. The molecule has 146 valence electrons. The number of ether oxygens (including phenoxy) is 1. The third kappa shape index (κ3) is 4.89. The number of rotatable bonds is 7.